The summed E-state index contributed by atoms with van der Waals surface area (Å²) in [4.78, 5) is 23.5. The zero-order valence-electron chi connectivity index (χ0n) is 22.2. The lowest BCUT2D eigenvalue weighted by Gasteiger charge is -2.21. The summed E-state index contributed by atoms with van der Waals surface area (Å²) in [5, 5.41) is 1.86. The fraction of sp³-hybridized carbons (Fsp3) is 0. The van der Waals surface area contributed by atoms with Crippen molar-refractivity contribution in [2.75, 3.05) is 0 Å². The van der Waals surface area contributed by atoms with Gasteiger partial charge < -0.3 is 4.57 Å². The number of aldehydes is 2. The van der Waals surface area contributed by atoms with Crippen LogP contribution < -0.4 is 0 Å². The first-order valence-electron chi connectivity index (χ1n) is 13.6. The highest BCUT2D eigenvalue weighted by atomic mass is 16.1. The maximum Gasteiger partial charge on any atom is 0.150 e. The molecule has 0 N–H and O–H groups in total. The van der Waals surface area contributed by atoms with Crippen LogP contribution in [0.2, 0.25) is 0 Å². The van der Waals surface area contributed by atoms with Gasteiger partial charge in [0, 0.05) is 33.0 Å². The third-order valence-electron chi connectivity index (χ3n) is 7.70. The Hall–Kier alpha value is -5.54. The van der Waals surface area contributed by atoms with Gasteiger partial charge in [-0.25, -0.2) is 0 Å². The van der Waals surface area contributed by atoms with E-state index >= 15 is 0 Å². The monoisotopic (exact) mass is 527 g/mol. The average molecular weight is 528 g/mol. The Balaban J connectivity index is 1.68. The summed E-state index contributed by atoms with van der Waals surface area (Å²) in [7, 11) is 0. The van der Waals surface area contributed by atoms with E-state index in [-0.39, 0.29) is 0 Å². The molecule has 0 bridgehead atoms. The highest BCUT2D eigenvalue weighted by Crippen LogP contribution is 2.43. The topological polar surface area (TPSA) is 39.1 Å². The van der Waals surface area contributed by atoms with Crippen molar-refractivity contribution in [3.05, 3.63) is 151 Å². The summed E-state index contributed by atoms with van der Waals surface area (Å²) in [6, 6.07) is 47.4. The second kappa shape index (κ2) is 10.2. The molecule has 1 aromatic heterocycles. The Morgan fingerprint density at radius 2 is 0.829 bits per heavy atom. The number of hydrogen-bond acceptors (Lipinski definition) is 2. The number of hydrogen-bond donors (Lipinski definition) is 0. The second-order valence-electron chi connectivity index (χ2n) is 10.1. The molecule has 41 heavy (non-hydrogen) atoms. The molecule has 0 amide bonds. The van der Waals surface area contributed by atoms with Crippen molar-refractivity contribution in [1.29, 1.82) is 0 Å². The van der Waals surface area contributed by atoms with Crippen molar-refractivity contribution in [1.82, 2.24) is 4.57 Å². The third-order valence-corrected chi connectivity index (χ3v) is 7.70. The van der Waals surface area contributed by atoms with Crippen LogP contribution in [0.1, 0.15) is 20.7 Å². The molecule has 3 nitrogen and oxygen atoms in total. The SMILES string of the molecule is O=Cc1ccc2c(c1)c1cc(C=O)ccc1n2-c1c(-c2ccccc2)cc(-c2ccccc2)cc1-c1ccccc1. The van der Waals surface area contributed by atoms with Crippen molar-refractivity contribution in [3.8, 4) is 39.1 Å². The lowest BCUT2D eigenvalue weighted by atomic mass is 9.90. The summed E-state index contributed by atoms with van der Waals surface area (Å²) in [5.74, 6) is 0. The number of benzene rings is 6. The molecule has 0 aliphatic heterocycles. The maximum absolute atomic E-state index is 11.8. The van der Waals surface area contributed by atoms with Crippen LogP contribution in [0.15, 0.2) is 140 Å². The van der Waals surface area contributed by atoms with Gasteiger partial charge in [0.2, 0.25) is 0 Å². The standard InChI is InChI=1S/C38H25NO2/c40-24-26-16-18-36-34(20-26)35-21-27(25-41)17-19-37(35)39(36)38-32(29-12-6-2-7-13-29)22-31(28-10-4-1-5-11-28)23-33(38)30-14-8-3-9-15-30/h1-25H. The second-order valence-corrected chi connectivity index (χ2v) is 10.1. The van der Waals surface area contributed by atoms with E-state index in [1.165, 1.54) is 0 Å². The normalized spacial score (nSPS) is 11.1. The fourth-order valence-electron chi connectivity index (χ4n) is 5.79. The van der Waals surface area contributed by atoms with Crippen LogP contribution in [0.25, 0.3) is 60.9 Å². The van der Waals surface area contributed by atoms with E-state index in [9.17, 15) is 9.59 Å². The van der Waals surface area contributed by atoms with E-state index in [0.717, 1.165) is 73.4 Å². The Bertz CT molecular complexity index is 1930. The quantitative estimate of drug-likeness (QED) is 0.202. The number of fused-ring (bicyclic) bond motifs is 3. The van der Waals surface area contributed by atoms with E-state index < -0.39 is 0 Å². The van der Waals surface area contributed by atoms with Gasteiger partial charge in [-0.15, -0.1) is 0 Å². The lowest BCUT2D eigenvalue weighted by molar-refractivity contribution is 0.111. The van der Waals surface area contributed by atoms with Gasteiger partial charge in [-0.1, -0.05) is 91.0 Å². The highest BCUT2D eigenvalue weighted by Gasteiger charge is 2.21. The molecule has 6 aromatic carbocycles. The van der Waals surface area contributed by atoms with Gasteiger partial charge in [0.15, 0.2) is 0 Å². The zero-order valence-corrected chi connectivity index (χ0v) is 22.2. The van der Waals surface area contributed by atoms with Gasteiger partial charge in [-0.3, -0.25) is 9.59 Å². The third kappa shape index (κ3) is 4.25. The minimum atomic E-state index is 0.596. The van der Waals surface area contributed by atoms with Crippen LogP contribution in [0.3, 0.4) is 0 Å². The zero-order chi connectivity index (χ0) is 27.8. The van der Waals surface area contributed by atoms with Crippen LogP contribution in [-0.2, 0) is 0 Å². The molecule has 0 saturated heterocycles. The molecule has 0 radical (unpaired) electrons. The number of aromatic nitrogens is 1. The minimum absolute atomic E-state index is 0.596. The first-order chi connectivity index (χ1) is 20.2. The van der Waals surface area contributed by atoms with Crippen molar-refractivity contribution < 1.29 is 9.59 Å². The predicted octanol–water partition coefficient (Wildman–Crippen LogP) is 9.41. The van der Waals surface area contributed by atoms with Gasteiger partial charge in [0.1, 0.15) is 12.6 Å². The van der Waals surface area contributed by atoms with E-state index in [0.29, 0.717) is 11.1 Å². The lowest BCUT2D eigenvalue weighted by Crippen LogP contribution is -2.02. The van der Waals surface area contributed by atoms with E-state index in [2.05, 4.69) is 89.5 Å². The Morgan fingerprint density at radius 3 is 1.24 bits per heavy atom. The molecule has 0 saturated carbocycles. The first kappa shape index (κ1) is 24.5. The van der Waals surface area contributed by atoms with Crippen LogP contribution in [0.5, 0.6) is 0 Å². The molecule has 1 heterocycles. The summed E-state index contributed by atoms with van der Waals surface area (Å²) in [6.07, 6.45) is 1.73. The smallest absolute Gasteiger partial charge is 0.150 e. The van der Waals surface area contributed by atoms with Crippen LogP contribution in [0, 0.1) is 0 Å². The summed E-state index contributed by atoms with van der Waals surface area (Å²) in [6.45, 7) is 0. The van der Waals surface area contributed by atoms with Gasteiger partial charge in [-0.2, -0.15) is 0 Å². The van der Waals surface area contributed by atoms with Crippen molar-refractivity contribution in [2.45, 2.75) is 0 Å². The van der Waals surface area contributed by atoms with E-state index in [1.807, 2.05) is 54.6 Å². The Labute approximate surface area is 237 Å². The minimum Gasteiger partial charge on any atom is -0.308 e. The molecule has 0 spiro atoms. The maximum atomic E-state index is 11.8. The summed E-state index contributed by atoms with van der Waals surface area (Å²) < 4.78 is 2.28. The van der Waals surface area contributed by atoms with Crippen molar-refractivity contribution in [3.63, 3.8) is 0 Å². The van der Waals surface area contributed by atoms with E-state index in [1.54, 1.807) is 0 Å². The molecular weight excluding hydrogens is 502 g/mol. The highest BCUT2D eigenvalue weighted by molar-refractivity contribution is 6.13. The molecular formula is C38H25NO2. The number of carbonyl (C=O) groups excluding carboxylic acids is 2. The van der Waals surface area contributed by atoms with Crippen LogP contribution in [-0.4, -0.2) is 17.1 Å². The average Bonchev–Trinajstić information content (AvgIpc) is 3.37. The van der Waals surface area contributed by atoms with Crippen LogP contribution >= 0.6 is 0 Å². The predicted molar refractivity (Wildman–Crippen MR) is 168 cm³/mol. The molecule has 7 rings (SSSR count). The number of carbonyl (C=O) groups is 2. The van der Waals surface area contributed by atoms with Gasteiger partial charge in [0.05, 0.1) is 16.7 Å². The molecule has 3 heteroatoms. The summed E-state index contributed by atoms with van der Waals surface area (Å²) in [5.41, 5.74) is 10.8. The molecule has 0 fully saturated rings. The molecule has 194 valence electrons. The summed E-state index contributed by atoms with van der Waals surface area (Å²) >= 11 is 0. The van der Waals surface area contributed by atoms with Crippen molar-refractivity contribution >= 4 is 34.4 Å². The largest absolute Gasteiger partial charge is 0.308 e. The van der Waals surface area contributed by atoms with E-state index in [4.69, 9.17) is 0 Å². The molecule has 7 aromatic rings. The number of rotatable bonds is 6. The molecule has 0 atom stereocenters. The Morgan fingerprint density at radius 1 is 0.415 bits per heavy atom. The fourth-order valence-corrected chi connectivity index (χ4v) is 5.79. The van der Waals surface area contributed by atoms with Gasteiger partial charge in [-0.05, 0) is 70.8 Å². The van der Waals surface area contributed by atoms with Crippen LogP contribution in [0.4, 0.5) is 0 Å². The van der Waals surface area contributed by atoms with Crippen molar-refractivity contribution in [2.24, 2.45) is 0 Å². The molecule has 0 aliphatic rings. The number of nitrogens with zero attached hydrogens (tertiary/aromatic N) is 1. The molecule has 0 aliphatic carbocycles. The first-order valence-corrected chi connectivity index (χ1v) is 13.6. The molecule has 0 unspecified atom stereocenters. The Kier molecular flexibility index (Phi) is 6.10. The van der Waals surface area contributed by atoms with Gasteiger partial charge in [0.25, 0.3) is 0 Å². The van der Waals surface area contributed by atoms with Gasteiger partial charge >= 0.3 is 0 Å².